The molecule has 2 unspecified atom stereocenters. The van der Waals surface area contributed by atoms with Gasteiger partial charge in [-0.1, -0.05) is 121 Å². The summed E-state index contributed by atoms with van der Waals surface area (Å²) in [6.07, 6.45) is 17.8. The van der Waals surface area contributed by atoms with Gasteiger partial charge in [0, 0.05) is 138 Å². The van der Waals surface area contributed by atoms with E-state index >= 15 is 17.6 Å². The normalized spacial score (nSPS) is 20.6. The lowest BCUT2D eigenvalue weighted by Gasteiger charge is -2.42. The summed E-state index contributed by atoms with van der Waals surface area (Å²) >= 11 is 0. The van der Waals surface area contributed by atoms with Gasteiger partial charge in [0.2, 0.25) is 46.9 Å². The van der Waals surface area contributed by atoms with Gasteiger partial charge in [0.15, 0.2) is 46.5 Å². The van der Waals surface area contributed by atoms with Crippen LogP contribution in [0.15, 0.2) is 135 Å². The molecule has 5 aromatic heterocycles. The minimum atomic E-state index is -2.32. The van der Waals surface area contributed by atoms with Crippen LogP contribution in [-0.2, 0) is 52.4 Å². The van der Waals surface area contributed by atoms with Crippen molar-refractivity contribution in [2.75, 3.05) is 152 Å². The molecule has 8 atom stereocenters. The fourth-order valence-electron chi connectivity index (χ4n) is 18.1. The predicted octanol–water partition coefficient (Wildman–Crippen LogP) is 6.53. The Morgan fingerprint density at radius 1 is 0.446 bits per heavy atom. The minimum absolute atomic E-state index is 0. The molecule has 17 rings (SSSR count). The van der Waals surface area contributed by atoms with Gasteiger partial charge in [0.25, 0.3) is 0 Å². The Labute approximate surface area is 811 Å². The maximum Gasteiger partial charge on any atom is 0.237 e. The van der Waals surface area contributed by atoms with Crippen LogP contribution < -0.4 is 63.8 Å². The third-order valence-corrected chi connectivity index (χ3v) is 27.1. The number of halogens is 4. The minimum Gasteiger partial charge on any atom is -0.396 e. The number of hydrogen-bond donors (Lipinski definition) is 14. The number of carbonyl (C=O) groups excluding carboxylic acids is 4. The summed E-state index contributed by atoms with van der Waals surface area (Å²) in [5.74, 6) is -3.65. The molecule has 4 amide bonds. The maximum atomic E-state index is 15.6. The zero-order valence-corrected chi connectivity index (χ0v) is 78.7. The number of aryl methyl sites for hydroxylation is 4. The van der Waals surface area contributed by atoms with Crippen LogP contribution >= 0.6 is 0 Å². The van der Waals surface area contributed by atoms with Gasteiger partial charge in [-0.05, 0) is 165 Å². The number of piperidine rings is 4. The fourth-order valence-corrected chi connectivity index (χ4v) is 18.1. The second-order valence-corrected chi connectivity index (χ2v) is 37.8. The number of nitrogens with zero attached hydrogens (tertiary/aromatic N) is 18. The molecule has 9 aromatic rings. The number of amides is 4. The number of β-amino-alcohol motifs (C(OH)–C–C–N with tert-alkyl or cyclic N) is 3. The van der Waals surface area contributed by atoms with Crippen LogP contribution in [0.3, 0.4) is 0 Å². The van der Waals surface area contributed by atoms with Crippen LogP contribution in [-0.4, -0.2) is 289 Å². The van der Waals surface area contributed by atoms with Gasteiger partial charge >= 0.3 is 0 Å². The second-order valence-electron chi connectivity index (χ2n) is 37.8. The third-order valence-electron chi connectivity index (χ3n) is 27.1. The number of primary amides is 4. The van der Waals surface area contributed by atoms with E-state index in [0.29, 0.717) is 111 Å². The van der Waals surface area contributed by atoms with Gasteiger partial charge in [-0.15, -0.1) is 0 Å². The number of rotatable bonds is 40. The number of aliphatic hydroxyl groups is 6. The highest BCUT2D eigenvalue weighted by Gasteiger charge is 2.42. The molecule has 4 aliphatic carbocycles. The number of hydrogen-bond acceptors (Lipinski definition) is 31. The van der Waals surface area contributed by atoms with E-state index in [0.717, 1.165) is 84.7 Å². The second kappa shape index (κ2) is 48.7. The molecule has 40 heteroatoms. The van der Waals surface area contributed by atoms with Crippen LogP contribution in [0.5, 0.6) is 0 Å². The molecule has 4 saturated heterocycles. The highest BCUT2D eigenvalue weighted by molar-refractivity contribution is 5.80. The van der Waals surface area contributed by atoms with Crippen molar-refractivity contribution in [3.05, 3.63) is 197 Å². The Kier molecular flexibility index (Phi) is 35.6. The molecule has 18 N–H and O–H groups in total. The Balaban J connectivity index is 0.000000158. The van der Waals surface area contributed by atoms with Crippen molar-refractivity contribution < 1.29 is 70.1 Å². The van der Waals surface area contributed by atoms with Crippen molar-refractivity contribution in [1.29, 1.82) is 0 Å². The molecular weight excluding hydrogens is 1790 g/mol. The summed E-state index contributed by atoms with van der Waals surface area (Å²) in [5.41, 5.74) is 30.6. The molecule has 4 saturated carbocycles. The molecular formula is C99H136F4N26O10. The third kappa shape index (κ3) is 28.7. The number of benzene rings is 4. The number of anilines is 8. The SMILES string of the molecule is C.Cc1ccc(CN(c2ncnc(NCC3(CO)CCN(C(CO)C(N)=O)CC3)c2F)C2CC2)cc1.Cc1ccc(CN(c2ncnc(NC[C@@H]3CCN(C(CO)C(N)=O)C[C@H]3O)c2F)C2CC2)cc1.Cn1cc(-c2ccc(CN(c3ncnc(NC[C@H]4CCN(CC(N)=O)C[C@@H]4O)c3F)C3CC3)cc2)cn1.[2H]C([2H])(C(N)=O)N1CC[C@H](CNc2ncnc(N(Cc3ccc(C)cc3)C3CC3)c2F)[C@@H](O)C1. The summed E-state index contributed by atoms with van der Waals surface area (Å²) in [6.45, 7) is 9.55. The quantitative estimate of drug-likeness (QED) is 0.0181. The molecule has 0 bridgehead atoms. The van der Waals surface area contributed by atoms with Crippen molar-refractivity contribution in [1.82, 2.24) is 69.3 Å². The zero-order valence-electron chi connectivity index (χ0n) is 80.7. The number of aliphatic hydroxyl groups excluding tert-OH is 6. The van der Waals surface area contributed by atoms with Crippen molar-refractivity contribution in [3.63, 3.8) is 0 Å². The average Bonchev–Trinajstić information content (AvgIpc) is 1.62. The van der Waals surface area contributed by atoms with E-state index in [2.05, 4.69) is 127 Å². The van der Waals surface area contributed by atoms with Crippen LogP contribution in [0.2, 0.25) is 0 Å². The summed E-state index contributed by atoms with van der Waals surface area (Å²) in [7, 11) is 1.89. The van der Waals surface area contributed by atoms with Crippen molar-refractivity contribution >= 4 is 70.2 Å². The molecule has 139 heavy (non-hydrogen) atoms. The molecule has 4 aromatic carbocycles. The number of aromatic nitrogens is 10. The molecule has 36 nitrogen and oxygen atoms in total. The highest BCUT2D eigenvalue weighted by Crippen LogP contribution is 2.41. The van der Waals surface area contributed by atoms with Crippen molar-refractivity contribution in [2.45, 2.75) is 192 Å². The Morgan fingerprint density at radius 2 is 0.784 bits per heavy atom. The molecule has 8 aliphatic rings. The molecule has 9 heterocycles. The van der Waals surface area contributed by atoms with E-state index in [1.54, 1.807) is 9.58 Å². The van der Waals surface area contributed by atoms with E-state index < -0.39 is 89.2 Å². The average molecular weight is 1930 g/mol. The first-order valence-corrected chi connectivity index (χ1v) is 47.5. The first kappa shape index (κ1) is 101. The predicted molar refractivity (Wildman–Crippen MR) is 523 cm³/mol. The lowest BCUT2D eigenvalue weighted by Crippen LogP contribution is -2.55. The lowest BCUT2D eigenvalue weighted by molar-refractivity contribution is -0.127. The monoisotopic (exact) mass is 1930 g/mol. The summed E-state index contributed by atoms with van der Waals surface area (Å²) < 4.78 is 79.5. The van der Waals surface area contributed by atoms with Crippen molar-refractivity contribution in [2.24, 2.45) is 53.2 Å². The number of nitrogens with one attached hydrogen (secondary N) is 4. The lowest BCUT2D eigenvalue weighted by atomic mass is 9.78. The van der Waals surface area contributed by atoms with Gasteiger partial charge in [0.1, 0.15) is 37.4 Å². The van der Waals surface area contributed by atoms with Crippen LogP contribution in [0, 0.1) is 67.2 Å². The fraction of sp³-hybridized carbons (Fsp3) is 0.525. The van der Waals surface area contributed by atoms with E-state index in [-0.39, 0.29) is 148 Å². The maximum absolute atomic E-state index is 15.6. The van der Waals surface area contributed by atoms with Gasteiger partial charge in [0.05, 0.1) is 60.1 Å². The summed E-state index contributed by atoms with van der Waals surface area (Å²) in [5, 5.41) is 77.1. The van der Waals surface area contributed by atoms with Gasteiger partial charge < -0.3 is 94.4 Å². The number of likely N-dealkylation sites (tertiary alicyclic amines) is 4. The van der Waals surface area contributed by atoms with Gasteiger partial charge in [-0.2, -0.15) is 22.7 Å². The Hall–Kier alpha value is -12.0. The first-order chi connectivity index (χ1) is 67.3. The molecule has 0 spiro atoms. The number of nitrogens with two attached hydrogens (primary N) is 4. The molecule has 4 aliphatic heterocycles. The standard InChI is InChI=1S/C26H33FN8O2.C25H35FN6O3.C24H33FN6O3.C23H31FN6O2.CH4/c1-33-13-20(11-32-33)18-4-2-17(3-5-18)12-35(21-6-7-21)26-24(27)25(30-16-31-26)29-10-19-8-9-34(14-22(19)36)15-23(28)37;1-17-2-4-18(5-3-17)12-32(19-6-7-19)24-21(26)23(29-16-30-24)28-14-25(15-34)8-10-31(11-9-25)20(13-33)22(27)35;1-15-2-4-16(5-3-15)11-31(18-6-7-18)24-21(25)23(28-14-29-24)27-10-17-8-9-30(12-20(17)33)19(13-32)22(26)34;1-15-2-4-16(5-3-15)11-30(18-6-7-18)23-21(24)22(27-14-28-23)26-10-17-8-9-29(12-19(17)31)13-20(25)32;/h2-5,11,13,16,19,21-22,36H,6-10,12,14-15H2,1H3,(H2,28,37)(H,29,30,31);2-5,16,19-20,33-34H,6-15H2,1H3,(H2,27,35)(H,28,29,30);2-5,14,17-20,32-33H,6-13H2,1H3,(H2,26,34)(H,27,28,29);2-5,14,17-19,31H,6-13H2,1H3,(H2,25,32)(H,26,27,28);1H4/t19-,22+;;17-,19?,20+;17-,19+;/m1.01./s1/i;;;13D2;. The van der Waals surface area contributed by atoms with E-state index in [4.69, 9.17) is 25.7 Å². The topological polar surface area (TPSA) is 489 Å². The van der Waals surface area contributed by atoms with E-state index in [1.165, 1.54) is 46.9 Å². The molecule has 750 valence electrons. The largest absolute Gasteiger partial charge is 0.396 e. The smallest absolute Gasteiger partial charge is 0.237 e. The highest BCUT2D eigenvalue weighted by atomic mass is 19.1. The van der Waals surface area contributed by atoms with E-state index in [9.17, 15) is 49.8 Å². The Morgan fingerprint density at radius 3 is 1.10 bits per heavy atom. The van der Waals surface area contributed by atoms with Crippen LogP contribution in [0.4, 0.5) is 64.1 Å². The Bertz CT molecular complexity index is 5600. The molecule has 0 radical (unpaired) electrons. The number of carbonyl (C=O) groups is 4. The van der Waals surface area contributed by atoms with Crippen LogP contribution in [0.25, 0.3) is 11.1 Å². The van der Waals surface area contributed by atoms with Gasteiger partial charge in [-0.25, -0.2) is 39.9 Å². The summed E-state index contributed by atoms with van der Waals surface area (Å²) in [6, 6.07) is 32.2. The van der Waals surface area contributed by atoms with Gasteiger partial charge in [-0.3, -0.25) is 43.5 Å². The summed E-state index contributed by atoms with van der Waals surface area (Å²) in [4.78, 5) is 93.7. The van der Waals surface area contributed by atoms with Crippen molar-refractivity contribution in [3.8, 4) is 11.1 Å². The molecule has 8 fully saturated rings. The van der Waals surface area contributed by atoms with Crippen LogP contribution in [0.1, 0.15) is 133 Å². The zero-order chi connectivity index (χ0) is 99.6. The van der Waals surface area contributed by atoms with E-state index in [1.807, 2.05) is 106 Å². The first-order valence-electron chi connectivity index (χ1n) is 48.5.